The molecule has 0 fully saturated rings. The Hall–Kier alpha value is -3.49. The second kappa shape index (κ2) is 13.5. The maximum Gasteiger partial charge on any atom is 0.326 e. The summed E-state index contributed by atoms with van der Waals surface area (Å²) in [5, 5.41) is 15.7. The number of nitrogens with one attached hydrogen (secondary N) is 2. The minimum Gasteiger partial charge on any atom is -0.480 e. The molecule has 7 nitrogen and oxygen atoms in total. The van der Waals surface area contributed by atoms with Crippen molar-refractivity contribution in [3.8, 4) is 11.1 Å². The average Bonchev–Trinajstić information content (AvgIpc) is 2.85. The highest BCUT2D eigenvalue weighted by Crippen LogP contribution is 2.29. The Morgan fingerprint density at radius 1 is 0.923 bits per heavy atom. The SMILES string of the molecule is C.Cc1ccccc1-c1cc(CNC(C)(C)Cc2ccccc2)ccc1C(=O)N[C@@H](CCS(C)(=O)=O)C(=O)O. The van der Waals surface area contributed by atoms with Crippen molar-refractivity contribution in [3.63, 3.8) is 0 Å². The van der Waals surface area contributed by atoms with Crippen LogP contribution in [-0.2, 0) is 27.6 Å². The van der Waals surface area contributed by atoms with Gasteiger partial charge < -0.3 is 15.7 Å². The van der Waals surface area contributed by atoms with Gasteiger partial charge in [-0.3, -0.25) is 4.79 Å². The lowest BCUT2D eigenvalue weighted by atomic mass is 9.92. The van der Waals surface area contributed by atoms with E-state index in [0.717, 1.165) is 29.4 Å². The van der Waals surface area contributed by atoms with Crippen molar-refractivity contribution < 1.29 is 23.1 Å². The molecular formula is C31H40N2O5S. The quantitative estimate of drug-likeness (QED) is 0.291. The molecule has 0 saturated carbocycles. The van der Waals surface area contributed by atoms with E-state index in [-0.39, 0.29) is 25.1 Å². The first-order chi connectivity index (χ1) is 17.8. The summed E-state index contributed by atoms with van der Waals surface area (Å²) < 4.78 is 23.1. The van der Waals surface area contributed by atoms with E-state index in [1.165, 1.54) is 5.56 Å². The second-order valence-electron chi connectivity index (χ2n) is 10.4. The Bertz CT molecular complexity index is 1390. The zero-order valence-corrected chi connectivity index (χ0v) is 23.1. The van der Waals surface area contributed by atoms with Gasteiger partial charge >= 0.3 is 5.97 Å². The third kappa shape index (κ3) is 9.64. The van der Waals surface area contributed by atoms with E-state index in [2.05, 4.69) is 36.6 Å². The molecule has 3 rings (SSSR count). The molecule has 39 heavy (non-hydrogen) atoms. The fourth-order valence-corrected chi connectivity index (χ4v) is 5.00. The summed E-state index contributed by atoms with van der Waals surface area (Å²) >= 11 is 0. The zero-order valence-electron chi connectivity index (χ0n) is 22.3. The summed E-state index contributed by atoms with van der Waals surface area (Å²) in [6.07, 6.45) is 1.68. The van der Waals surface area contributed by atoms with Crippen LogP contribution in [0.15, 0.2) is 72.8 Å². The second-order valence-corrected chi connectivity index (χ2v) is 12.6. The van der Waals surface area contributed by atoms with Gasteiger partial charge in [-0.25, -0.2) is 13.2 Å². The van der Waals surface area contributed by atoms with Gasteiger partial charge in [-0.15, -0.1) is 0 Å². The summed E-state index contributed by atoms with van der Waals surface area (Å²) in [6, 6.07) is 22.2. The minimum atomic E-state index is -3.38. The van der Waals surface area contributed by atoms with Crippen LogP contribution in [0.2, 0.25) is 0 Å². The van der Waals surface area contributed by atoms with Crippen LogP contribution in [0, 0.1) is 6.92 Å². The van der Waals surface area contributed by atoms with Crippen LogP contribution in [0.5, 0.6) is 0 Å². The average molecular weight is 553 g/mol. The monoisotopic (exact) mass is 552 g/mol. The van der Waals surface area contributed by atoms with Gasteiger partial charge in [-0.2, -0.15) is 0 Å². The van der Waals surface area contributed by atoms with E-state index >= 15 is 0 Å². The van der Waals surface area contributed by atoms with Crippen LogP contribution in [-0.4, -0.2) is 49.0 Å². The van der Waals surface area contributed by atoms with Crippen LogP contribution in [0.3, 0.4) is 0 Å². The summed E-state index contributed by atoms with van der Waals surface area (Å²) in [7, 11) is -3.38. The molecule has 0 unspecified atom stereocenters. The van der Waals surface area contributed by atoms with Crippen molar-refractivity contribution in [2.24, 2.45) is 0 Å². The standard InChI is InChI=1S/C30H36N2O5S.CH4/c1-21-10-8-9-13-24(21)26-18-23(20-31-30(2,3)19-22-11-6-5-7-12-22)14-15-25(26)28(33)32-27(29(34)35)16-17-38(4,36)37;/h5-15,18,27,31H,16-17,19-20H2,1-4H3,(H,32,33)(H,34,35);1H4/t27-;/m0./s1. The summed E-state index contributed by atoms with van der Waals surface area (Å²) in [6.45, 7) is 6.82. The van der Waals surface area contributed by atoms with Crippen LogP contribution in [0.25, 0.3) is 11.1 Å². The first-order valence-electron chi connectivity index (χ1n) is 12.5. The molecule has 3 N–H and O–H groups in total. The van der Waals surface area contributed by atoms with Crippen molar-refractivity contribution in [3.05, 3.63) is 95.1 Å². The van der Waals surface area contributed by atoms with Crippen LogP contribution >= 0.6 is 0 Å². The number of aliphatic carboxylic acids is 1. The minimum absolute atomic E-state index is 0. The Balaban J connectivity index is 0.00000533. The molecule has 3 aromatic rings. The number of sulfone groups is 1. The van der Waals surface area contributed by atoms with Crippen molar-refractivity contribution in [2.45, 2.75) is 59.2 Å². The van der Waals surface area contributed by atoms with Crippen molar-refractivity contribution in [1.82, 2.24) is 10.6 Å². The van der Waals surface area contributed by atoms with Crippen LogP contribution < -0.4 is 10.6 Å². The third-order valence-corrected chi connectivity index (χ3v) is 7.38. The fraction of sp³-hybridized carbons (Fsp3) is 0.355. The molecule has 0 heterocycles. The van der Waals surface area contributed by atoms with E-state index in [4.69, 9.17) is 0 Å². The lowest BCUT2D eigenvalue weighted by Crippen LogP contribution is -2.42. The van der Waals surface area contributed by atoms with Crippen LogP contribution in [0.1, 0.15) is 54.7 Å². The van der Waals surface area contributed by atoms with Crippen molar-refractivity contribution in [2.75, 3.05) is 12.0 Å². The smallest absolute Gasteiger partial charge is 0.326 e. The van der Waals surface area contributed by atoms with Gasteiger partial charge in [0, 0.05) is 23.9 Å². The molecule has 0 aromatic heterocycles. The fourth-order valence-electron chi connectivity index (χ4n) is 4.33. The van der Waals surface area contributed by atoms with Gasteiger partial charge in [0.15, 0.2) is 0 Å². The number of amides is 1. The molecule has 0 bridgehead atoms. The first-order valence-corrected chi connectivity index (χ1v) is 14.6. The van der Waals surface area contributed by atoms with E-state index in [1.807, 2.05) is 61.5 Å². The third-order valence-electron chi connectivity index (χ3n) is 6.40. The Labute approximate surface area is 232 Å². The van der Waals surface area contributed by atoms with Gasteiger partial charge in [-0.05, 0) is 73.6 Å². The molecule has 0 spiro atoms. The Morgan fingerprint density at radius 2 is 1.56 bits per heavy atom. The largest absolute Gasteiger partial charge is 0.480 e. The number of benzene rings is 3. The number of carboxylic acids is 1. The molecule has 0 aliphatic carbocycles. The number of carbonyl (C=O) groups excluding carboxylic acids is 1. The molecule has 3 aromatic carbocycles. The molecule has 0 saturated heterocycles. The Morgan fingerprint density at radius 3 is 2.18 bits per heavy atom. The first kappa shape index (κ1) is 31.7. The molecule has 0 radical (unpaired) electrons. The summed E-state index contributed by atoms with van der Waals surface area (Å²) in [5.41, 5.74) is 4.91. The number of hydrogen-bond acceptors (Lipinski definition) is 5. The zero-order chi connectivity index (χ0) is 27.9. The van der Waals surface area contributed by atoms with E-state index in [1.54, 1.807) is 6.07 Å². The predicted molar refractivity (Wildman–Crippen MR) is 158 cm³/mol. The highest BCUT2D eigenvalue weighted by atomic mass is 32.2. The maximum atomic E-state index is 13.3. The number of rotatable bonds is 12. The van der Waals surface area contributed by atoms with Gasteiger partial charge in [0.2, 0.25) is 0 Å². The lowest BCUT2D eigenvalue weighted by Gasteiger charge is -2.27. The van der Waals surface area contributed by atoms with Crippen molar-refractivity contribution >= 4 is 21.7 Å². The van der Waals surface area contributed by atoms with E-state index in [9.17, 15) is 23.1 Å². The van der Waals surface area contributed by atoms with Crippen molar-refractivity contribution in [1.29, 1.82) is 0 Å². The maximum absolute atomic E-state index is 13.3. The van der Waals surface area contributed by atoms with Gasteiger partial charge in [0.1, 0.15) is 15.9 Å². The molecular weight excluding hydrogens is 512 g/mol. The number of carboxylic acid groups (broad SMARTS) is 1. The van der Waals surface area contributed by atoms with E-state index in [0.29, 0.717) is 17.7 Å². The summed E-state index contributed by atoms with van der Waals surface area (Å²) in [4.78, 5) is 25.0. The molecule has 0 aliphatic heterocycles. The number of carbonyl (C=O) groups is 2. The van der Waals surface area contributed by atoms with Gasteiger partial charge in [0.05, 0.1) is 5.75 Å². The van der Waals surface area contributed by atoms with Gasteiger partial charge in [0.25, 0.3) is 5.91 Å². The highest BCUT2D eigenvalue weighted by Gasteiger charge is 2.24. The van der Waals surface area contributed by atoms with E-state index < -0.39 is 27.8 Å². The Kier molecular flexibility index (Phi) is 11.0. The molecule has 1 atom stereocenters. The normalized spacial score (nSPS) is 12.3. The molecule has 1 amide bonds. The molecule has 8 heteroatoms. The predicted octanol–water partition coefficient (Wildman–Crippen LogP) is 5.03. The summed E-state index contributed by atoms with van der Waals surface area (Å²) in [5.74, 6) is -2.17. The highest BCUT2D eigenvalue weighted by molar-refractivity contribution is 7.90. The number of hydrogen-bond donors (Lipinski definition) is 3. The molecule has 210 valence electrons. The molecule has 0 aliphatic rings. The lowest BCUT2D eigenvalue weighted by molar-refractivity contribution is -0.139. The topological polar surface area (TPSA) is 113 Å². The van der Waals surface area contributed by atoms with Gasteiger partial charge in [-0.1, -0.05) is 68.1 Å². The number of aryl methyl sites for hydroxylation is 1. The van der Waals surface area contributed by atoms with Crippen LogP contribution in [0.4, 0.5) is 0 Å².